The maximum atomic E-state index is 12.2. The summed E-state index contributed by atoms with van der Waals surface area (Å²) in [5, 5.41) is 0. The molecule has 2 aromatic rings. The molecule has 1 heterocycles. The minimum Gasteiger partial charge on any atom is -0.339 e. The average molecular weight is 300 g/mol. The lowest BCUT2D eigenvalue weighted by atomic mass is 10.2. The van der Waals surface area contributed by atoms with E-state index in [-0.39, 0.29) is 0 Å². The van der Waals surface area contributed by atoms with Crippen LogP contribution in [0.4, 0.5) is 0 Å². The zero-order valence-electron chi connectivity index (χ0n) is 10.6. The molecule has 1 N–H and O–H groups in total. The van der Waals surface area contributed by atoms with Gasteiger partial charge in [-0.25, -0.2) is 0 Å². The lowest BCUT2D eigenvalue weighted by Crippen LogP contribution is -1.89. The fourth-order valence-electron chi connectivity index (χ4n) is 2.02. The number of benzene rings is 2. The third kappa shape index (κ3) is 2.96. The summed E-state index contributed by atoms with van der Waals surface area (Å²) in [6.07, 6.45) is 0. The molecule has 0 saturated carbocycles. The Labute approximate surface area is 122 Å². The van der Waals surface area contributed by atoms with Crippen LogP contribution in [0.15, 0.2) is 72.3 Å². The monoisotopic (exact) mass is 300 g/mol. The standard InChI is InChI=1S/C16H13O2PS/c17-19(18)11-15(13-7-3-1-4-8-13)20-16(12-19)14-9-5-2-6-10-14/h1-12H,(H,17,18). The predicted octanol–water partition coefficient (Wildman–Crippen LogP) is 5.00. The van der Waals surface area contributed by atoms with Gasteiger partial charge in [-0.3, -0.25) is 4.57 Å². The summed E-state index contributed by atoms with van der Waals surface area (Å²) >= 11 is 1.53. The lowest BCUT2D eigenvalue weighted by Gasteiger charge is -2.18. The second-order valence-electron chi connectivity index (χ2n) is 4.49. The van der Waals surface area contributed by atoms with Crippen molar-refractivity contribution in [2.24, 2.45) is 0 Å². The van der Waals surface area contributed by atoms with E-state index in [1.54, 1.807) is 0 Å². The smallest absolute Gasteiger partial charge is 0.247 e. The Morgan fingerprint density at radius 3 is 1.55 bits per heavy atom. The molecule has 2 aromatic carbocycles. The van der Waals surface area contributed by atoms with Crippen LogP contribution in [0.2, 0.25) is 0 Å². The van der Waals surface area contributed by atoms with Crippen molar-refractivity contribution in [3.63, 3.8) is 0 Å². The Kier molecular flexibility index (Phi) is 3.66. The van der Waals surface area contributed by atoms with Crippen LogP contribution in [0.5, 0.6) is 0 Å². The normalized spacial score (nSPS) is 17.2. The summed E-state index contributed by atoms with van der Waals surface area (Å²) in [5.41, 5.74) is 1.93. The molecule has 0 bridgehead atoms. The molecule has 0 aliphatic carbocycles. The van der Waals surface area contributed by atoms with E-state index >= 15 is 0 Å². The Morgan fingerprint density at radius 2 is 1.15 bits per heavy atom. The minimum atomic E-state index is -3.37. The van der Waals surface area contributed by atoms with Gasteiger partial charge in [0.25, 0.3) is 0 Å². The molecule has 0 amide bonds. The minimum absolute atomic E-state index is 0.831. The molecule has 100 valence electrons. The van der Waals surface area contributed by atoms with Gasteiger partial charge in [0.1, 0.15) is 0 Å². The van der Waals surface area contributed by atoms with Gasteiger partial charge in [0, 0.05) is 21.4 Å². The van der Waals surface area contributed by atoms with Crippen LogP contribution in [0.3, 0.4) is 0 Å². The van der Waals surface area contributed by atoms with E-state index in [9.17, 15) is 9.46 Å². The first kappa shape index (κ1) is 13.4. The van der Waals surface area contributed by atoms with Gasteiger partial charge in [-0.05, 0) is 11.1 Å². The molecule has 0 saturated heterocycles. The number of hydrogen-bond acceptors (Lipinski definition) is 2. The van der Waals surface area contributed by atoms with Gasteiger partial charge in [-0.1, -0.05) is 72.4 Å². The zero-order chi connectivity index (χ0) is 14.0. The Hall–Kier alpha value is -1.54. The third-order valence-corrected chi connectivity index (χ3v) is 5.69. The van der Waals surface area contributed by atoms with Crippen molar-refractivity contribution in [2.75, 3.05) is 0 Å². The lowest BCUT2D eigenvalue weighted by molar-refractivity contribution is 0.499. The summed E-state index contributed by atoms with van der Waals surface area (Å²) in [7, 11) is -3.37. The molecule has 0 unspecified atom stereocenters. The van der Waals surface area contributed by atoms with Crippen LogP contribution < -0.4 is 0 Å². The van der Waals surface area contributed by atoms with Gasteiger partial charge in [0.15, 0.2) is 0 Å². The molecule has 0 aromatic heterocycles. The van der Waals surface area contributed by atoms with Crippen LogP contribution in [-0.2, 0) is 4.57 Å². The van der Waals surface area contributed by atoms with Gasteiger partial charge < -0.3 is 4.89 Å². The third-order valence-electron chi connectivity index (χ3n) is 2.94. The molecule has 0 fully saturated rings. The van der Waals surface area contributed by atoms with Crippen molar-refractivity contribution < 1.29 is 9.46 Å². The SMILES string of the molecule is O=P1(O)C=C(c2ccccc2)SC(c2ccccc2)=C1. The highest BCUT2D eigenvalue weighted by Crippen LogP contribution is 2.58. The molecule has 2 nitrogen and oxygen atoms in total. The maximum absolute atomic E-state index is 12.2. The van der Waals surface area contributed by atoms with Crippen LogP contribution in [-0.4, -0.2) is 4.89 Å². The summed E-state index contributed by atoms with van der Waals surface area (Å²) < 4.78 is 12.2. The van der Waals surface area contributed by atoms with E-state index in [1.807, 2.05) is 60.7 Å². The van der Waals surface area contributed by atoms with Crippen LogP contribution in [0.1, 0.15) is 11.1 Å². The number of hydrogen-bond donors (Lipinski definition) is 1. The summed E-state index contributed by atoms with van der Waals surface area (Å²) in [5.74, 6) is 2.94. The second kappa shape index (κ2) is 5.45. The molecular weight excluding hydrogens is 287 g/mol. The molecule has 0 spiro atoms. The molecule has 0 atom stereocenters. The Bertz CT molecular complexity index is 661. The molecule has 3 rings (SSSR count). The van der Waals surface area contributed by atoms with Crippen molar-refractivity contribution in [1.82, 2.24) is 0 Å². The predicted molar refractivity (Wildman–Crippen MR) is 86.3 cm³/mol. The average Bonchev–Trinajstić information content (AvgIpc) is 2.47. The van der Waals surface area contributed by atoms with Crippen molar-refractivity contribution in [2.45, 2.75) is 0 Å². The first-order valence-electron chi connectivity index (χ1n) is 6.21. The highest BCUT2D eigenvalue weighted by Gasteiger charge is 2.23. The second-order valence-corrected chi connectivity index (χ2v) is 7.44. The first-order chi connectivity index (χ1) is 9.64. The molecule has 4 heteroatoms. The van der Waals surface area contributed by atoms with Gasteiger partial charge in [0.05, 0.1) is 0 Å². The van der Waals surface area contributed by atoms with E-state index in [0.717, 1.165) is 20.9 Å². The fourth-order valence-corrected chi connectivity index (χ4v) is 5.13. The van der Waals surface area contributed by atoms with E-state index in [1.165, 1.54) is 23.4 Å². The zero-order valence-corrected chi connectivity index (χ0v) is 12.4. The van der Waals surface area contributed by atoms with Crippen molar-refractivity contribution in [3.05, 3.63) is 83.4 Å². The van der Waals surface area contributed by atoms with Crippen LogP contribution in [0.25, 0.3) is 9.81 Å². The van der Waals surface area contributed by atoms with E-state index in [2.05, 4.69) is 0 Å². The van der Waals surface area contributed by atoms with Crippen molar-refractivity contribution in [1.29, 1.82) is 0 Å². The maximum Gasteiger partial charge on any atom is 0.247 e. The Morgan fingerprint density at radius 1 is 0.750 bits per heavy atom. The summed E-state index contributed by atoms with van der Waals surface area (Å²) in [4.78, 5) is 11.7. The largest absolute Gasteiger partial charge is 0.339 e. The summed E-state index contributed by atoms with van der Waals surface area (Å²) in [6.45, 7) is 0. The van der Waals surface area contributed by atoms with E-state index < -0.39 is 7.37 Å². The molecule has 1 aliphatic rings. The van der Waals surface area contributed by atoms with Gasteiger partial charge in [-0.15, -0.1) is 0 Å². The summed E-state index contributed by atoms with van der Waals surface area (Å²) in [6, 6.07) is 19.4. The quantitative estimate of drug-likeness (QED) is 0.793. The molecule has 0 radical (unpaired) electrons. The number of rotatable bonds is 2. The van der Waals surface area contributed by atoms with E-state index in [4.69, 9.17) is 0 Å². The van der Waals surface area contributed by atoms with Gasteiger partial charge in [0.2, 0.25) is 7.37 Å². The van der Waals surface area contributed by atoms with Crippen molar-refractivity contribution in [3.8, 4) is 0 Å². The van der Waals surface area contributed by atoms with Gasteiger partial charge >= 0.3 is 0 Å². The topological polar surface area (TPSA) is 37.3 Å². The Balaban J connectivity index is 2.02. The van der Waals surface area contributed by atoms with Crippen LogP contribution in [0, 0.1) is 0 Å². The highest BCUT2D eigenvalue weighted by molar-refractivity contribution is 8.17. The molecular formula is C16H13O2PS. The number of thioether (sulfide) groups is 1. The molecule has 20 heavy (non-hydrogen) atoms. The molecule has 1 aliphatic heterocycles. The van der Waals surface area contributed by atoms with E-state index in [0.29, 0.717) is 0 Å². The van der Waals surface area contributed by atoms with Gasteiger partial charge in [-0.2, -0.15) is 0 Å². The first-order valence-corrected chi connectivity index (χ1v) is 8.82. The van der Waals surface area contributed by atoms with Crippen molar-refractivity contribution >= 4 is 28.9 Å². The van der Waals surface area contributed by atoms with Crippen LogP contribution >= 0.6 is 19.1 Å². The fraction of sp³-hybridized carbons (Fsp3) is 0. The highest BCUT2D eigenvalue weighted by atomic mass is 32.2.